The van der Waals surface area contributed by atoms with E-state index in [2.05, 4.69) is 48.2 Å². The summed E-state index contributed by atoms with van der Waals surface area (Å²) in [4.78, 5) is 18.8. The molecule has 1 saturated heterocycles. The van der Waals surface area contributed by atoms with Crippen molar-refractivity contribution >= 4 is 11.9 Å². The van der Waals surface area contributed by atoms with Gasteiger partial charge < -0.3 is 15.5 Å². The molecule has 2 aliphatic rings. The van der Waals surface area contributed by atoms with Crippen LogP contribution in [-0.4, -0.2) is 49.0 Å². The fourth-order valence-electron chi connectivity index (χ4n) is 3.80. The van der Waals surface area contributed by atoms with E-state index in [-0.39, 0.29) is 11.4 Å². The number of nitrogens with one attached hydrogen (secondary N) is 2. The molecule has 5 nitrogen and oxygen atoms in total. The van der Waals surface area contributed by atoms with E-state index in [0.717, 1.165) is 19.0 Å². The second-order valence-corrected chi connectivity index (χ2v) is 8.56. The van der Waals surface area contributed by atoms with Crippen LogP contribution < -0.4 is 10.6 Å². The van der Waals surface area contributed by atoms with Gasteiger partial charge >= 0.3 is 0 Å². The SMILES string of the molecule is CN=C(NCCNC(=O)CC1CCCCC1)N1CC(C)(C)C1(C)C. The summed E-state index contributed by atoms with van der Waals surface area (Å²) in [7, 11) is 1.82. The van der Waals surface area contributed by atoms with Crippen LogP contribution in [0.1, 0.15) is 66.2 Å². The highest BCUT2D eigenvalue weighted by atomic mass is 16.1. The molecule has 5 heteroatoms. The third-order valence-electron chi connectivity index (χ3n) is 6.28. The van der Waals surface area contributed by atoms with Gasteiger partial charge in [-0.15, -0.1) is 0 Å². The number of guanidine groups is 1. The zero-order valence-electron chi connectivity index (χ0n) is 16.2. The van der Waals surface area contributed by atoms with Crippen molar-refractivity contribution in [3.05, 3.63) is 0 Å². The lowest BCUT2D eigenvalue weighted by Gasteiger charge is -2.62. The summed E-state index contributed by atoms with van der Waals surface area (Å²) < 4.78 is 0. The van der Waals surface area contributed by atoms with Gasteiger partial charge in [0.25, 0.3) is 0 Å². The molecular formula is C19H36N4O. The van der Waals surface area contributed by atoms with E-state index in [4.69, 9.17) is 0 Å². The highest BCUT2D eigenvalue weighted by molar-refractivity contribution is 5.82. The molecule has 0 atom stereocenters. The average molecular weight is 337 g/mol. The summed E-state index contributed by atoms with van der Waals surface area (Å²) in [6, 6.07) is 0. The van der Waals surface area contributed by atoms with Gasteiger partial charge in [0.2, 0.25) is 5.91 Å². The zero-order chi connectivity index (χ0) is 17.8. The summed E-state index contributed by atoms with van der Waals surface area (Å²) in [6.07, 6.45) is 7.05. The molecule has 2 N–H and O–H groups in total. The molecule has 1 saturated carbocycles. The van der Waals surface area contributed by atoms with E-state index in [1.165, 1.54) is 32.1 Å². The predicted octanol–water partition coefficient (Wildman–Crippen LogP) is 2.77. The van der Waals surface area contributed by atoms with Crippen molar-refractivity contribution in [2.45, 2.75) is 71.8 Å². The quantitative estimate of drug-likeness (QED) is 0.461. The molecule has 138 valence electrons. The lowest BCUT2D eigenvalue weighted by Crippen LogP contribution is -2.72. The van der Waals surface area contributed by atoms with E-state index in [1.807, 2.05) is 7.05 Å². The second-order valence-electron chi connectivity index (χ2n) is 8.56. The molecule has 0 aromatic carbocycles. The first-order valence-corrected chi connectivity index (χ1v) is 9.53. The zero-order valence-corrected chi connectivity index (χ0v) is 16.2. The van der Waals surface area contributed by atoms with Crippen molar-refractivity contribution in [1.82, 2.24) is 15.5 Å². The third-order valence-corrected chi connectivity index (χ3v) is 6.28. The van der Waals surface area contributed by atoms with Crippen LogP contribution in [0.25, 0.3) is 0 Å². The van der Waals surface area contributed by atoms with Gasteiger partial charge in [0.1, 0.15) is 0 Å². The molecule has 0 spiro atoms. The summed E-state index contributed by atoms with van der Waals surface area (Å²) in [6.45, 7) is 11.5. The minimum absolute atomic E-state index is 0.0963. The van der Waals surface area contributed by atoms with Crippen molar-refractivity contribution in [3.8, 4) is 0 Å². The fourth-order valence-corrected chi connectivity index (χ4v) is 3.80. The number of aliphatic imine (C=N–C) groups is 1. The number of nitrogens with zero attached hydrogens (tertiary/aromatic N) is 2. The summed E-state index contributed by atoms with van der Waals surface area (Å²) >= 11 is 0. The lowest BCUT2D eigenvalue weighted by molar-refractivity contribution is -0.122. The summed E-state index contributed by atoms with van der Waals surface area (Å²) in [5.41, 5.74) is 0.387. The van der Waals surface area contributed by atoms with Crippen molar-refractivity contribution in [2.75, 3.05) is 26.7 Å². The molecular weight excluding hydrogens is 300 g/mol. The highest BCUT2D eigenvalue weighted by Crippen LogP contribution is 2.46. The monoisotopic (exact) mass is 336 g/mol. The van der Waals surface area contributed by atoms with Crippen molar-refractivity contribution < 1.29 is 4.79 Å². The van der Waals surface area contributed by atoms with Crippen molar-refractivity contribution in [1.29, 1.82) is 0 Å². The Bertz CT molecular complexity index is 464. The van der Waals surface area contributed by atoms with Crippen LogP contribution >= 0.6 is 0 Å². The molecule has 1 aliphatic heterocycles. The maximum atomic E-state index is 12.0. The molecule has 2 fully saturated rings. The molecule has 0 unspecified atom stereocenters. The Labute approximate surface area is 147 Å². The maximum absolute atomic E-state index is 12.0. The van der Waals surface area contributed by atoms with Gasteiger partial charge in [-0.1, -0.05) is 33.1 Å². The molecule has 0 radical (unpaired) electrons. The smallest absolute Gasteiger partial charge is 0.220 e. The lowest BCUT2D eigenvalue weighted by atomic mass is 9.65. The van der Waals surface area contributed by atoms with E-state index in [0.29, 0.717) is 24.3 Å². The Morgan fingerprint density at radius 2 is 1.71 bits per heavy atom. The molecule has 1 amide bonds. The normalized spacial score (nSPS) is 23.5. The molecule has 1 heterocycles. The van der Waals surface area contributed by atoms with Crippen LogP contribution in [0.3, 0.4) is 0 Å². The molecule has 0 aromatic heterocycles. The minimum atomic E-state index is 0.0963. The number of carbonyl (C=O) groups is 1. The van der Waals surface area contributed by atoms with Crippen LogP contribution in [0, 0.1) is 11.3 Å². The van der Waals surface area contributed by atoms with Gasteiger partial charge in [-0.3, -0.25) is 9.79 Å². The van der Waals surface area contributed by atoms with Gasteiger partial charge in [-0.05, 0) is 32.6 Å². The van der Waals surface area contributed by atoms with Crippen LogP contribution in [0.15, 0.2) is 4.99 Å². The summed E-state index contributed by atoms with van der Waals surface area (Å²) in [5, 5.41) is 6.43. The van der Waals surface area contributed by atoms with Gasteiger partial charge in [0, 0.05) is 44.1 Å². The van der Waals surface area contributed by atoms with Gasteiger partial charge in [0.05, 0.1) is 0 Å². The van der Waals surface area contributed by atoms with E-state index in [9.17, 15) is 4.79 Å². The van der Waals surface area contributed by atoms with Crippen molar-refractivity contribution in [2.24, 2.45) is 16.3 Å². The third kappa shape index (κ3) is 4.22. The Hall–Kier alpha value is -1.26. The maximum Gasteiger partial charge on any atom is 0.220 e. The first-order chi connectivity index (χ1) is 11.3. The van der Waals surface area contributed by atoms with Crippen molar-refractivity contribution in [3.63, 3.8) is 0 Å². The number of carbonyl (C=O) groups excluding carboxylic acids is 1. The number of hydrogen-bond acceptors (Lipinski definition) is 2. The topological polar surface area (TPSA) is 56.7 Å². The predicted molar refractivity (Wildman–Crippen MR) is 100 cm³/mol. The minimum Gasteiger partial charge on any atom is -0.354 e. The number of hydrogen-bond donors (Lipinski definition) is 2. The fraction of sp³-hybridized carbons (Fsp3) is 0.895. The van der Waals surface area contributed by atoms with E-state index >= 15 is 0 Å². The van der Waals surface area contributed by atoms with Crippen LogP contribution in [0.4, 0.5) is 0 Å². The molecule has 0 aromatic rings. The number of amides is 1. The van der Waals surface area contributed by atoms with Crippen LogP contribution in [-0.2, 0) is 4.79 Å². The number of likely N-dealkylation sites (tertiary alicyclic amines) is 1. The van der Waals surface area contributed by atoms with E-state index in [1.54, 1.807) is 0 Å². The molecule has 24 heavy (non-hydrogen) atoms. The average Bonchev–Trinajstić information content (AvgIpc) is 2.54. The van der Waals surface area contributed by atoms with Gasteiger partial charge in [-0.2, -0.15) is 0 Å². The van der Waals surface area contributed by atoms with Gasteiger partial charge in [-0.25, -0.2) is 0 Å². The molecule has 2 rings (SSSR count). The molecule has 0 bridgehead atoms. The van der Waals surface area contributed by atoms with Gasteiger partial charge in [0.15, 0.2) is 5.96 Å². The van der Waals surface area contributed by atoms with Crippen LogP contribution in [0.5, 0.6) is 0 Å². The number of rotatable bonds is 5. The Kier molecular flexibility index (Phi) is 6.16. The molecule has 1 aliphatic carbocycles. The standard InChI is InChI=1S/C19H36N4O/c1-18(2)14-23(19(18,3)4)17(20-5)22-12-11-21-16(24)13-15-9-7-6-8-10-15/h15H,6-14H2,1-5H3,(H,20,22)(H,21,24). The second kappa shape index (κ2) is 7.75. The van der Waals surface area contributed by atoms with E-state index < -0.39 is 0 Å². The van der Waals surface area contributed by atoms with Crippen LogP contribution in [0.2, 0.25) is 0 Å². The Morgan fingerprint density at radius 3 is 2.25 bits per heavy atom. The first-order valence-electron chi connectivity index (χ1n) is 9.53. The Balaban J connectivity index is 1.67. The summed E-state index contributed by atoms with van der Waals surface area (Å²) in [5.74, 6) is 1.73. The Morgan fingerprint density at radius 1 is 1.08 bits per heavy atom. The largest absolute Gasteiger partial charge is 0.354 e. The highest BCUT2D eigenvalue weighted by Gasteiger charge is 2.53. The first kappa shape index (κ1) is 19.1.